The number of benzene rings is 1. The third kappa shape index (κ3) is 3.86. The molecule has 0 aliphatic carbocycles. The molecule has 1 aliphatic heterocycles. The van der Waals surface area contributed by atoms with Crippen LogP contribution >= 0.6 is 0 Å². The number of para-hydroxylation sites is 1. The van der Waals surface area contributed by atoms with Crippen LogP contribution in [0.1, 0.15) is 18.4 Å². The Kier molecular flexibility index (Phi) is 4.24. The molecule has 1 heterocycles. The number of hydrogen-bond acceptors (Lipinski definition) is 3. The minimum absolute atomic E-state index is 0.143. The largest absolute Gasteiger partial charge is 0.418 e. The van der Waals surface area contributed by atoms with Gasteiger partial charge < -0.3 is 5.32 Å². The number of rotatable bonds is 5. The molecule has 8 heteroatoms. The molecule has 0 spiro atoms. The van der Waals surface area contributed by atoms with Crippen molar-refractivity contribution in [2.75, 3.05) is 17.0 Å². The van der Waals surface area contributed by atoms with E-state index >= 15 is 0 Å². The van der Waals surface area contributed by atoms with Gasteiger partial charge in [-0.3, -0.25) is 4.72 Å². The monoisotopic (exact) mass is 308 g/mol. The van der Waals surface area contributed by atoms with Crippen molar-refractivity contribution in [3.8, 4) is 0 Å². The maximum atomic E-state index is 12.8. The van der Waals surface area contributed by atoms with E-state index in [0.717, 1.165) is 25.1 Å². The summed E-state index contributed by atoms with van der Waals surface area (Å²) in [6, 6.07) is 4.69. The molecule has 0 aromatic heterocycles. The average molecular weight is 308 g/mol. The lowest BCUT2D eigenvalue weighted by Crippen LogP contribution is -2.44. The van der Waals surface area contributed by atoms with Gasteiger partial charge in [-0.25, -0.2) is 8.42 Å². The van der Waals surface area contributed by atoms with E-state index in [1.54, 1.807) is 0 Å². The zero-order chi connectivity index (χ0) is 14.8. The van der Waals surface area contributed by atoms with Crippen molar-refractivity contribution in [3.63, 3.8) is 0 Å². The molecule has 1 aromatic rings. The summed E-state index contributed by atoms with van der Waals surface area (Å²) in [5.41, 5.74) is -1.41. The van der Waals surface area contributed by atoms with Crippen molar-refractivity contribution in [2.24, 2.45) is 0 Å². The predicted molar refractivity (Wildman–Crippen MR) is 69.9 cm³/mol. The first-order valence-electron chi connectivity index (χ1n) is 6.18. The molecule has 1 unspecified atom stereocenters. The van der Waals surface area contributed by atoms with Gasteiger partial charge in [-0.2, -0.15) is 13.2 Å². The van der Waals surface area contributed by atoms with Gasteiger partial charge in [0.15, 0.2) is 0 Å². The molecule has 112 valence electrons. The molecule has 4 nitrogen and oxygen atoms in total. The molecule has 1 saturated heterocycles. The molecule has 1 aliphatic rings. The first-order chi connectivity index (χ1) is 9.28. The maximum Gasteiger partial charge on any atom is 0.418 e. The third-order valence-electron chi connectivity index (χ3n) is 3.16. The van der Waals surface area contributed by atoms with Crippen LogP contribution in [0.5, 0.6) is 0 Å². The van der Waals surface area contributed by atoms with Crippen molar-refractivity contribution in [3.05, 3.63) is 29.8 Å². The fourth-order valence-corrected chi connectivity index (χ4v) is 3.14. The van der Waals surface area contributed by atoms with Gasteiger partial charge in [-0.15, -0.1) is 0 Å². The Labute approximate surface area is 115 Å². The molecule has 20 heavy (non-hydrogen) atoms. The van der Waals surface area contributed by atoms with Gasteiger partial charge in [-0.1, -0.05) is 12.1 Å². The highest BCUT2D eigenvalue weighted by molar-refractivity contribution is 7.92. The summed E-state index contributed by atoms with van der Waals surface area (Å²) in [5.74, 6) is -0.198. The predicted octanol–water partition coefficient (Wildman–Crippen LogP) is 2.20. The number of halogens is 3. The van der Waals surface area contributed by atoms with Crippen LogP contribution in [-0.2, 0) is 16.2 Å². The van der Waals surface area contributed by atoms with E-state index in [1.165, 1.54) is 12.1 Å². The normalized spacial score (nSPS) is 19.4. The second-order valence-corrected chi connectivity index (χ2v) is 6.53. The fraction of sp³-hybridized carbons (Fsp3) is 0.500. The lowest BCUT2D eigenvalue weighted by Gasteiger charge is -2.27. The van der Waals surface area contributed by atoms with Crippen molar-refractivity contribution in [1.29, 1.82) is 0 Å². The number of hydrogen-bond donors (Lipinski definition) is 2. The number of nitrogens with one attached hydrogen (secondary N) is 2. The van der Waals surface area contributed by atoms with Crippen LogP contribution in [0.15, 0.2) is 24.3 Å². The van der Waals surface area contributed by atoms with Gasteiger partial charge in [0, 0.05) is 6.04 Å². The van der Waals surface area contributed by atoms with E-state index in [4.69, 9.17) is 0 Å². The minimum Gasteiger partial charge on any atom is -0.314 e. The summed E-state index contributed by atoms with van der Waals surface area (Å²) in [6.45, 7) is 0.856. The Bertz CT molecular complexity index is 568. The second-order valence-electron chi connectivity index (χ2n) is 4.69. The quantitative estimate of drug-likeness (QED) is 0.877. The lowest BCUT2D eigenvalue weighted by atomic mass is 10.1. The summed E-state index contributed by atoms with van der Waals surface area (Å²) < 4.78 is 63.9. The Hall–Kier alpha value is -1.28. The van der Waals surface area contributed by atoms with E-state index < -0.39 is 27.5 Å². The lowest BCUT2D eigenvalue weighted by molar-refractivity contribution is -0.136. The van der Waals surface area contributed by atoms with Crippen LogP contribution in [0.25, 0.3) is 0 Å². The maximum absolute atomic E-state index is 12.8. The number of anilines is 1. The van der Waals surface area contributed by atoms with Crippen molar-refractivity contribution in [1.82, 2.24) is 5.32 Å². The van der Waals surface area contributed by atoms with E-state index in [-0.39, 0.29) is 11.8 Å². The molecule has 0 radical (unpaired) electrons. The van der Waals surface area contributed by atoms with Crippen LogP contribution < -0.4 is 10.0 Å². The average Bonchev–Trinajstić information content (AvgIpc) is 2.25. The van der Waals surface area contributed by atoms with Gasteiger partial charge in [0.05, 0.1) is 17.0 Å². The number of alkyl halides is 3. The molecular weight excluding hydrogens is 293 g/mol. The highest BCUT2D eigenvalue weighted by Gasteiger charge is 2.34. The molecular formula is C12H15F3N2O2S. The SMILES string of the molecule is O=S(=O)(CCC1CCN1)Nc1ccccc1C(F)(F)F. The van der Waals surface area contributed by atoms with Crippen LogP contribution in [0.2, 0.25) is 0 Å². The summed E-state index contributed by atoms with van der Waals surface area (Å²) in [7, 11) is -3.78. The number of sulfonamides is 1. The summed E-state index contributed by atoms with van der Waals surface area (Å²) >= 11 is 0. The Morgan fingerprint density at radius 1 is 1.30 bits per heavy atom. The molecule has 1 aromatic carbocycles. The van der Waals surface area contributed by atoms with Gasteiger partial charge in [0.2, 0.25) is 10.0 Å². The topological polar surface area (TPSA) is 58.2 Å². The van der Waals surface area contributed by atoms with Crippen LogP contribution in [0, 0.1) is 0 Å². The zero-order valence-corrected chi connectivity index (χ0v) is 11.4. The Balaban J connectivity index is 2.08. The molecule has 1 fully saturated rings. The molecule has 0 saturated carbocycles. The van der Waals surface area contributed by atoms with E-state index in [0.29, 0.717) is 6.42 Å². The highest BCUT2D eigenvalue weighted by Crippen LogP contribution is 2.34. The Morgan fingerprint density at radius 2 is 1.95 bits per heavy atom. The fourth-order valence-electron chi connectivity index (χ4n) is 1.93. The molecule has 2 rings (SSSR count). The van der Waals surface area contributed by atoms with Crippen molar-refractivity contribution < 1.29 is 21.6 Å². The molecule has 0 bridgehead atoms. The van der Waals surface area contributed by atoms with Crippen molar-refractivity contribution in [2.45, 2.75) is 25.1 Å². The molecule has 0 amide bonds. The summed E-state index contributed by atoms with van der Waals surface area (Å²) in [4.78, 5) is 0. The Morgan fingerprint density at radius 3 is 2.50 bits per heavy atom. The second kappa shape index (κ2) is 5.61. The van der Waals surface area contributed by atoms with Gasteiger partial charge in [0.1, 0.15) is 0 Å². The van der Waals surface area contributed by atoms with Crippen LogP contribution in [0.3, 0.4) is 0 Å². The third-order valence-corrected chi connectivity index (χ3v) is 4.46. The van der Waals surface area contributed by atoms with E-state index in [1.807, 2.05) is 4.72 Å². The van der Waals surface area contributed by atoms with Gasteiger partial charge in [-0.05, 0) is 31.5 Å². The summed E-state index contributed by atoms with van der Waals surface area (Å²) in [5, 5.41) is 3.05. The first kappa shape index (κ1) is 15.1. The van der Waals surface area contributed by atoms with Gasteiger partial charge >= 0.3 is 6.18 Å². The first-order valence-corrected chi connectivity index (χ1v) is 7.83. The smallest absolute Gasteiger partial charge is 0.314 e. The van der Waals surface area contributed by atoms with E-state index in [2.05, 4.69) is 5.32 Å². The van der Waals surface area contributed by atoms with E-state index in [9.17, 15) is 21.6 Å². The van der Waals surface area contributed by atoms with Crippen molar-refractivity contribution >= 4 is 15.7 Å². The van der Waals surface area contributed by atoms with Crippen LogP contribution in [-0.4, -0.2) is 26.8 Å². The molecule has 1 atom stereocenters. The minimum atomic E-state index is -4.59. The van der Waals surface area contributed by atoms with Gasteiger partial charge in [0.25, 0.3) is 0 Å². The molecule has 2 N–H and O–H groups in total. The highest BCUT2D eigenvalue weighted by atomic mass is 32.2. The standard InChI is InChI=1S/C12H15F3N2O2S/c13-12(14,15)10-3-1-2-4-11(10)17-20(18,19)8-6-9-5-7-16-9/h1-4,9,16-17H,5-8H2. The zero-order valence-electron chi connectivity index (χ0n) is 10.6. The summed E-state index contributed by atoms with van der Waals surface area (Å²) in [6.07, 6.45) is -3.30. The van der Waals surface area contributed by atoms with Crippen LogP contribution in [0.4, 0.5) is 18.9 Å².